The molecule has 0 atom stereocenters. The molecular weight excluding hydrogens is 344 g/mol. The van der Waals surface area contributed by atoms with E-state index in [0.717, 1.165) is 3.98 Å². The van der Waals surface area contributed by atoms with Crippen LogP contribution in [0.4, 0.5) is 5.69 Å². The number of nitrogens with zero attached hydrogens (tertiary/aromatic N) is 6. The first-order valence-electron chi connectivity index (χ1n) is 6.53. The van der Waals surface area contributed by atoms with Crippen molar-refractivity contribution in [1.82, 2.24) is 0 Å². The van der Waals surface area contributed by atoms with Gasteiger partial charge in [0, 0.05) is 18.6 Å². The number of non-ortho nitro benzene ring substituents is 1. The van der Waals surface area contributed by atoms with Crippen molar-refractivity contribution in [3.63, 3.8) is 0 Å². The van der Waals surface area contributed by atoms with E-state index in [1.165, 1.54) is 24.3 Å². The summed E-state index contributed by atoms with van der Waals surface area (Å²) in [5.41, 5.74) is -0.124. The predicted octanol–water partition coefficient (Wildman–Crippen LogP) is 1.01. The Bertz CT molecular complexity index is 791. The van der Waals surface area contributed by atoms with Crippen molar-refractivity contribution >= 4 is 28.5 Å². The highest BCUT2D eigenvalue weighted by Crippen LogP contribution is 2.17. The number of guanidine groups is 1. The Kier molecular flexibility index (Phi) is 5.73. The van der Waals surface area contributed by atoms with Crippen LogP contribution in [0.1, 0.15) is 12.8 Å². The standard InChI is InChI=1S/C11H11N6O6S/c18-10(23-9-5-3-8(4-6-9)17(19)20)2-1-7-16(24(21)22)11-12-14-15-13-11/h3-6,24H,1-2,7H2/q+1. The summed E-state index contributed by atoms with van der Waals surface area (Å²) < 4.78 is 28.1. The molecule has 12 nitrogen and oxygen atoms in total. The summed E-state index contributed by atoms with van der Waals surface area (Å²) in [6, 6.07) is 5.01. The van der Waals surface area contributed by atoms with Crippen molar-refractivity contribution in [2.45, 2.75) is 12.8 Å². The summed E-state index contributed by atoms with van der Waals surface area (Å²) in [6.45, 7) is -0.0402. The summed E-state index contributed by atoms with van der Waals surface area (Å²) in [6.07, 6.45) is 0.0852. The smallest absolute Gasteiger partial charge is 0.427 e. The number of benzene rings is 1. The molecule has 0 aromatic heterocycles. The minimum atomic E-state index is -2.99. The van der Waals surface area contributed by atoms with Gasteiger partial charge in [-0.2, -0.15) is 8.42 Å². The Morgan fingerprint density at radius 1 is 1.17 bits per heavy atom. The van der Waals surface area contributed by atoms with Gasteiger partial charge in [-0.1, -0.05) is 0 Å². The van der Waals surface area contributed by atoms with E-state index in [1.54, 1.807) is 0 Å². The number of thiol groups is 1. The number of hydrogen-bond acceptors (Lipinski definition) is 8. The number of nitro benzene ring substituents is 1. The molecule has 0 spiro atoms. The first kappa shape index (κ1) is 17.3. The fraction of sp³-hybridized carbons (Fsp3) is 0.273. The van der Waals surface area contributed by atoms with Crippen LogP contribution in [0.3, 0.4) is 0 Å². The van der Waals surface area contributed by atoms with Crippen LogP contribution in [0.15, 0.2) is 44.9 Å². The van der Waals surface area contributed by atoms with Gasteiger partial charge in [-0.15, -0.1) is 3.98 Å². The third-order valence-electron chi connectivity index (χ3n) is 2.77. The average molecular weight is 355 g/mol. The second-order valence-corrected chi connectivity index (χ2v) is 5.33. The third-order valence-corrected chi connectivity index (χ3v) is 3.54. The molecule has 1 heterocycles. The van der Waals surface area contributed by atoms with Gasteiger partial charge >= 0.3 is 11.9 Å². The maximum absolute atomic E-state index is 11.7. The van der Waals surface area contributed by atoms with E-state index in [4.69, 9.17) is 4.74 Å². The Hall–Kier alpha value is -3.09. The van der Waals surface area contributed by atoms with E-state index in [2.05, 4.69) is 20.7 Å². The van der Waals surface area contributed by atoms with Crippen molar-refractivity contribution in [3.8, 4) is 5.75 Å². The van der Waals surface area contributed by atoms with Gasteiger partial charge in [-0.3, -0.25) is 14.9 Å². The van der Waals surface area contributed by atoms with Crippen LogP contribution < -0.4 is 4.74 Å². The molecule has 126 valence electrons. The van der Waals surface area contributed by atoms with E-state index in [9.17, 15) is 23.3 Å². The van der Waals surface area contributed by atoms with Crippen LogP contribution in [-0.2, 0) is 15.7 Å². The Morgan fingerprint density at radius 3 is 2.33 bits per heavy atom. The number of ether oxygens (including phenoxy) is 1. The van der Waals surface area contributed by atoms with Gasteiger partial charge < -0.3 is 4.74 Å². The fourth-order valence-corrected chi connectivity index (χ4v) is 2.22. The lowest BCUT2D eigenvalue weighted by Crippen LogP contribution is -2.19. The summed E-state index contributed by atoms with van der Waals surface area (Å²) in [5, 5.41) is 23.7. The van der Waals surface area contributed by atoms with Gasteiger partial charge in [0.05, 0.1) is 32.1 Å². The van der Waals surface area contributed by atoms with E-state index < -0.39 is 21.8 Å². The van der Waals surface area contributed by atoms with E-state index in [1.807, 2.05) is 0 Å². The average Bonchev–Trinajstić information content (AvgIpc) is 3.05. The monoisotopic (exact) mass is 355 g/mol. The first-order valence-corrected chi connectivity index (χ1v) is 7.66. The molecule has 2 rings (SSSR count). The highest BCUT2D eigenvalue weighted by Gasteiger charge is 2.21. The molecule has 0 saturated carbocycles. The molecule has 0 amide bonds. The lowest BCUT2D eigenvalue weighted by Gasteiger charge is -2.04. The zero-order valence-corrected chi connectivity index (χ0v) is 12.9. The summed E-state index contributed by atoms with van der Waals surface area (Å²) >= 11 is 0. The molecule has 0 fully saturated rings. The molecule has 24 heavy (non-hydrogen) atoms. The lowest BCUT2D eigenvalue weighted by molar-refractivity contribution is -0.384. The van der Waals surface area contributed by atoms with Crippen molar-refractivity contribution < 1.29 is 26.9 Å². The Balaban J connectivity index is 1.87. The number of hydrogen-bond donors (Lipinski definition) is 1. The van der Waals surface area contributed by atoms with Crippen molar-refractivity contribution in [2.75, 3.05) is 6.54 Å². The minimum absolute atomic E-state index is 0.0402. The largest absolute Gasteiger partial charge is 0.491 e. The molecule has 0 radical (unpaired) electrons. The van der Waals surface area contributed by atoms with Crippen LogP contribution in [0.2, 0.25) is 0 Å². The summed E-state index contributed by atoms with van der Waals surface area (Å²) in [7, 11) is -2.99. The van der Waals surface area contributed by atoms with E-state index in [-0.39, 0.29) is 36.8 Å². The maximum Gasteiger partial charge on any atom is 0.491 e. The van der Waals surface area contributed by atoms with Crippen molar-refractivity contribution in [1.29, 1.82) is 0 Å². The Labute approximate surface area is 136 Å². The molecule has 13 heteroatoms. The summed E-state index contributed by atoms with van der Waals surface area (Å²) in [5.74, 6) is -0.621. The zero-order valence-electron chi connectivity index (χ0n) is 12.0. The van der Waals surface area contributed by atoms with E-state index in [0.29, 0.717) is 0 Å². The minimum Gasteiger partial charge on any atom is -0.427 e. The van der Waals surface area contributed by atoms with Gasteiger partial charge in [0.1, 0.15) is 5.75 Å². The molecule has 1 aliphatic heterocycles. The molecule has 0 bridgehead atoms. The highest BCUT2D eigenvalue weighted by molar-refractivity contribution is 7.65. The number of rotatable bonds is 7. The Morgan fingerprint density at radius 2 is 1.79 bits per heavy atom. The van der Waals surface area contributed by atoms with Gasteiger partial charge in [0.15, 0.2) is 0 Å². The van der Waals surface area contributed by atoms with Crippen LogP contribution in [0, 0.1) is 10.1 Å². The van der Waals surface area contributed by atoms with Crippen molar-refractivity contribution in [3.05, 3.63) is 34.4 Å². The molecule has 0 aliphatic carbocycles. The highest BCUT2D eigenvalue weighted by atomic mass is 32.2. The lowest BCUT2D eigenvalue weighted by atomic mass is 10.3. The van der Waals surface area contributed by atoms with Crippen LogP contribution in [0.5, 0.6) is 5.75 Å². The number of esters is 1. The van der Waals surface area contributed by atoms with E-state index >= 15 is 0 Å². The fourth-order valence-electron chi connectivity index (χ4n) is 1.69. The maximum atomic E-state index is 11.7. The molecule has 0 unspecified atom stereocenters. The second kappa shape index (κ2) is 7.96. The molecule has 1 aromatic carbocycles. The molecule has 0 N–H and O–H groups in total. The zero-order chi connectivity index (χ0) is 17.5. The van der Waals surface area contributed by atoms with Crippen LogP contribution in [-0.4, -0.2) is 35.8 Å². The number of carbonyl (C=O) groups excluding carboxylic acids is 1. The van der Waals surface area contributed by atoms with Gasteiger partial charge in [-0.05, 0) is 18.6 Å². The topological polar surface area (TPSA) is 156 Å². The van der Waals surface area contributed by atoms with Gasteiger partial charge in [0.25, 0.3) is 16.6 Å². The second-order valence-electron chi connectivity index (χ2n) is 4.37. The predicted molar refractivity (Wildman–Crippen MR) is 78.1 cm³/mol. The number of nitro groups is 1. The van der Waals surface area contributed by atoms with Crippen LogP contribution in [0.25, 0.3) is 0 Å². The third kappa shape index (κ3) is 4.70. The molecular formula is C11H11N6O6S+. The number of carbonyl (C=O) groups is 1. The van der Waals surface area contributed by atoms with Crippen LogP contribution >= 0.6 is 0 Å². The quantitative estimate of drug-likeness (QED) is 0.192. The first-order chi connectivity index (χ1) is 11.5. The van der Waals surface area contributed by atoms with Gasteiger partial charge in [0.2, 0.25) is 0 Å². The normalized spacial score (nSPS) is 12.6. The molecule has 1 aliphatic rings. The molecule has 0 saturated heterocycles. The van der Waals surface area contributed by atoms with Crippen molar-refractivity contribution in [2.24, 2.45) is 20.7 Å². The molecule has 1 aromatic rings. The SMILES string of the molecule is O=C(CCC[N+](=C1N=NN=N1)[SH](=O)=O)Oc1ccc([N+](=O)[O-])cc1. The van der Waals surface area contributed by atoms with Gasteiger partial charge in [-0.25, -0.2) is 0 Å². The summed E-state index contributed by atoms with van der Waals surface area (Å²) in [4.78, 5) is 21.6.